The van der Waals surface area contributed by atoms with Crippen LogP contribution in [0.1, 0.15) is 0 Å². The summed E-state index contributed by atoms with van der Waals surface area (Å²) in [5.74, 6) is 1.93. The molecule has 10 bridgehead atoms. The Balaban J connectivity index is 1.23. The number of rotatable bonds is 4. The van der Waals surface area contributed by atoms with Crippen LogP contribution in [0.25, 0.3) is 56.4 Å². The second kappa shape index (κ2) is 13.0. The Morgan fingerprint density at radius 3 is 1.24 bits per heavy atom. The van der Waals surface area contributed by atoms with Gasteiger partial charge in [-0.05, 0) is 95.1 Å². The predicted molar refractivity (Wildman–Crippen MR) is 206 cm³/mol. The van der Waals surface area contributed by atoms with Gasteiger partial charge in [0.15, 0.2) is 17.5 Å². The molecule has 1 aromatic heterocycles. The van der Waals surface area contributed by atoms with E-state index in [1.165, 1.54) is 9.79 Å². The van der Waals surface area contributed by atoms with Crippen LogP contribution in [0.2, 0.25) is 0 Å². The van der Waals surface area contributed by atoms with Gasteiger partial charge in [0, 0.05) is 43.5 Å². The number of hydrogen-bond donors (Lipinski definition) is 0. The molecule has 236 valence electrons. The smallest absolute Gasteiger partial charge is 0.164 e. The van der Waals surface area contributed by atoms with Crippen LogP contribution < -0.4 is 4.90 Å². The molecule has 0 aliphatic carbocycles. The van der Waals surface area contributed by atoms with Gasteiger partial charge in [-0.2, -0.15) is 0 Å². The van der Waals surface area contributed by atoms with E-state index in [-0.39, 0.29) is 0 Å². The fourth-order valence-corrected chi connectivity index (χ4v) is 7.25. The number of anilines is 3. The summed E-state index contributed by atoms with van der Waals surface area (Å²) in [5, 5.41) is 0. The Morgan fingerprint density at radius 2 is 0.700 bits per heavy atom. The molecule has 8 aromatic rings. The topological polar surface area (TPSA) is 41.9 Å². The highest BCUT2D eigenvalue weighted by Crippen LogP contribution is 2.40. The highest BCUT2D eigenvalue weighted by Gasteiger charge is 2.18. The average Bonchev–Trinajstić information content (AvgIpc) is 3.19. The molecule has 0 saturated heterocycles. The van der Waals surface area contributed by atoms with Crippen molar-refractivity contribution < 1.29 is 0 Å². The second-order valence-corrected chi connectivity index (χ2v) is 13.3. The molecule has 0 amide bonds. The van der Waals surface area contributed by atoms with E-state index in [9.17, 15) is 0 Å². The van der Waals surface area contributed by atoms with E-state index < -0.39 is 0 Å². The summed E-state index contributed by atoms with van der Waals surface area (Å²) in [6.07, 6.45) is 0. The van der Waals surface area contributed by atoms with Crippen LogP contribution in [0.3, 0.4) is 0 Å². The summed E-state index contributed by atoms with van der Waals surface area (Å²) < 4.78 is 0. The Morgan fingerprint density at radius 1 is 0.300 bits per heavy atom. The third-order valence-corrected chi connectivity index (χ3v) is 9.87. The predicted octanol–water partition coefficient (Wildman–Crippen LogP) is 12.1. The average molecular weight is 659 g/mol. The van der Waals surface area contributed by atoms with Gasteiger partial charge in [0.1, 0.15) is 0 Å². The van der Waals surface area contributed by atoms with Crippen molar-refractivity contribution in [2.45, 2.75) is 9.79 Å². The van der Waals surface area contributed by atoms with Crippen LogP contribution in [0, 0.1) is 0 Å². The lowest BCUT2D eigenvalue weighted by Crippen LogP contribution is -2.10. The zero-order valence-electron chi connectivity index (χ0n) is 27.0. The first-order valence-corrected chi connectivity index (χ1v) is 17.4. The van der Waals surface area contributed by atoms with Crippen molar-refractivity contribution in [3.63, 3.8) is 0 Å². The Bertz CT molecular complexity index is 2350. The molecule has 1 aliphatic rings. The molecule has 0 saturated carbocycles. The van der Waals surface area contributed by atoms with E-state index >= 15 is 0 Å². The molecule has 9 rings (SSSR count). The van der Waals surface area contributed by atoms with Crippen LogP contribution >= 0.6 is 11.8 Å². The van der Waals surface area contributed by atoms with Crippen LogP contribution in [-0.2, 0) is 0 Å². The molecule has 0 radical (unpaired) electrons. The third-order valence-electron chi connectivity index (χ3n) is 8.86. The van der Waals surface area contributed by atoms with Gasteiger partial charge < -0.3 is 4.90 Å². The second-order valence-electron chi connectivity index (χ2n) is 12.2. The van der Waals surface area contributed by atoms with Crippen molar-refractivity contribution in [1.29, 1.82) is 0 Å². The maximum Gasteiger partial charge on any atom is 0.164 e. The number of nitrogens with zero attached hydrogens (tertiary/aromatic N) is 4. The molecule has 7 aromatic carbocycles. The maximum atomic E-state index is 5.05. The molecule has 0 atom stereocenters. The van der Waals surface area contributed by atoms with E-state index in [1.54, 1.807) is 11.8 Å². The number of fused-ring (bicyclic) bond motifs is 14. The minimum atomic E-state index is 0.640. The zero-order valence-corrected chi connectivity index (χ0v) is 27.8. The third kappa shape index (κ3) is 5.96. The number of benzene rings is 7. The molecule has 2 heterocycles. The van der Waals surface area contributed by atoms with Crippen molar-refractivity contribution >= 4 is 28.8 Å². The largest absolute Gasteiger partial charge is 0.310 e. The first-order valence-electron chi connectivity index (χ1n) is 16.6. The minimum Gasteiger partial charge on any atom is -0.310 e. The molecular weight excluding hydrogens is 629 g/mol. The molecule has 5 heteroatoms. The van der Waals surface area contributed by atoms with E-state index in [4.69, 9.17) is 15.0 Å². The van der Waals surface area contributed by atoms with Gasteiger partial charge in [0.25, 0.3) is 0 Å². The molecule has 0 unspecified atom stereocenters. The van der Waals surface area contributed by atoms with Crippen molar-refractivity contribution in [2.75, 3.05) is 4.90 Å². The first kappa shape index (κ1) is 29.8. The lowest BCUT2D eigenvalue weighted by Gasteiger charge is -2.27. The molecule has 0 spiro atoms. The van der Waals surface area contributed by atoms with Gasteiger partial charge >= 0.3 is 0 Å². The standard InChI is InChI=1S/C45H30N4S/c1-3-11-31(12-4-1)43-46-44-36-17-7-13-32(27-36)34-15-9-19-39(29-34)49(38-23-25-42(26-24-38)50-41-21-5-2-6-22-41)40-20-10-16-35(30-40)33-14-8-18-37(28-33)45(47-43)48-44/h1-30H. The van der Waals surface area contributed by atoms with Gasteiger partial charge in [-0.25, -0.2) is 15.0 Å². The summed E-state index contributed by atoms with van der Waals surface area (Å²) in [4.78, 5) is 19.8. The van der Waals surface area contributed by atoms with E-state index in [0.717, 1.165) is 56.0 Å². The van der Waals surface area contributed by atoms with Crippen molar-refractivity contribution in [1.82, 2.24) is 15.0 Å². The van der Waals surface area contributed by atoms with Gasteiger partial charge in [-0.1, -0.05) is 121 Å². The van der Waals surface area contributed by atoms with Crippen molar-refractivity contribution in [2.24, 2.45) is 0 Å². The lowest BCUT2D eigenvalue weighted by molar-refractivity contribution is 1.07. The summed E-state index contributed by atoms with van der Waals surface area (Å²) in [5.41, 5.74) is 10.4. The summed E-state index contributed by atoms with van der Waals surface area (Å²) in [7, 11) is 0. The highest BCUT2D eigenvalue weighted by atomic mass is 32.2. The molecule has 1 aliphatic heterocycles. The summed E-state index contributed by atoms with van der Waals surface area (Å²) >= 11 is 1.77. The van der Waals surface area contributed by atoms with Crippen LogP contribution in [0.4, 0.5) is 17.1 Å². The molecular formula is C45H30N4S. The molecule has 0 N–H and O–H groups in total. The Hall–Kier alpha value is -6.30. The van der Waals surface area contributed by atoms with Crippen LogP contribution in [0.15, 0.2) is 192 Å². The van der Waals surface area contributed by atoms with Crippen molar-refractivity contribution in [3.05, 3.63) is 182 Å². The van der Waals surface area contributed by atoms with Gasteiger partial charge in [-0.15, -0.1) is 0 Å². The van der Waals surface area contributed by atoms with Gasteiger partial charge in [0.05, 0.1) is 0 Å². The Labute approximate surface area is 295 Å². The van der Waals surface area contributed by atoms with Crippen molar-refractivity contribution in [3.8, 4) is 56.4 Å². The summed E-state index contributed by atoms with van der Waals surface area (Å²) in [6.45, 7) is 0. The monoisotopic (exact) mass is 658 g/mol. The minimum absolute atomic E-state index is 0.640. The number of hydrogen-bond acceptors (Lipinski definition) is 5. The highest BCUT2D eigenvalue weighted by molar-refractivity contribution is 7.99. The SMILES string of the molecule is c1ccc(Sc2ccc(N3c4cccc(c4)-c4cccc(c4)-c4nc(-c5ccccc5)nc(n4)-c4cccc(c4)-c4cccc3c4)cc2)cc1. The van der Waals surface area contributed by atoms with Crippen LogP contribution in [-0.4, -0.2) is 15.0 Å². The van der Waals surface area contributed by atoms with Gasteiger partial charge in [0.2, 0.25) is 0 Å². The quantitative estimate of drug-likeness (QED) is 0.188. The van der Waals surface area contributed by atoms with E-state index in [2.05, 4.69) is 157 Å². The van der Waals surface area contributed by atoms with Crippen LogP contribution in [0.5, 0.6) is 0 Å². The fraction of sp³-hybridized carbons (Fsp3) is 0. The molecule has 0 fully saturated rings. The normalized spacial score (nSPS) is 11.6. The maximum absolute atomic E-state index is 5.05. The molecule has 50 heavy (non-hydrogen) atoms. The first-order chi connectivity index (χ1) is 24.7. The molecule has 4 nitrogen and oxygen atoms in total. The van der Waals surface area contributed by atoms with E-state index in [1.807, 2.05) is 30.3 Å². The van der Waals surface area contributed by atoms with Gasteiger partial charge in [-0.3, -0.25) is 0 Å². The lowest BCUT2D eigenvalue weighted by atomic mass is 9.99. The van der Waals surface area contributed by atoms with E-state index in [0.29, 0.717) is 17.5 Å². The zero-order chi connectivity index (χ0) is 33.3. The Kier molecular flexibility index (Phi) is 7.72. The fourth-order valence-electron chi connectivity index (χ4n) is 6.41. The number of aromatic nitrogens is 3. The summed E-state index contributed by atoms with van der Waals surface area (Å²) in [6, 6.07) is 63.9.